The Kier molecular flexibility index (Phi) is 5.74. The second-order valence-electron chi connectivity index (χ2n) is 7.24. The molecule has 4 rings (SSSR count). The third-order valence-corrected chi connectivity index (χ3v) is 5.23. The normalized spacial score (nSPS) is 16.8. The van der Waals surface area contributed by atoms with Gasteiger partial charge >= 0.3 is 5.69 Å². The standard InChI is InChI=1S/C22H23N5O3/c28-20-17(21(29)26(22(30)25-20)15-16-8-2-1-3-9-16)14-24-27-13-7-5-11-19(27)18-10-4-6-12-23-18/h1-4,6,8-10,12,14,19,29H,5,7,11,13,15H2,(H,25,28,30)/b24-14+/t19-/m1/s1. The number of rotatable bonds is 5. The molecule has 1 aromatic carbocycles. The van der Waals surface area contributed by atoms with Crippen molar-refractivity contribution in [1.29, 1.82) is 0 Å². The molecule has 0 radical (unpaired) electrons. The van der Waals surface area contributed by atoms with E-state index < -0.39 is 17.1 Å². The van der Waals surface area contributed by atoms with Crippen molar-refractivity contribution in [1.82, 2.24) is 19.5 Å². The predicted molar refractivity (Wildman–Crippen MR) is 114 cm³/mol. The molecule has 0 bridgehead atoms. The lowest BCUT2D eigenvalue weighted by Gasteiger charge is -2.32. The Morgan fingerprint density at radius 3 is 2.70 bits per heavy atom. The van der Waals surface area contributed by atoms with E-state index in [1.54, 1.807) is 6.20 Å². The van der Waals surface area contributed by atoms with Crippen molar-refractivity contribution in [3.8, 4) is 5.88 Å². The first-order valence-corrected chi connectivity index (χ1v) is 9.95. The zero-order valence-corrected chi connectivity index (χ0v) is 16.4. The minimum Gasteiger partial charge on any atom is -0.494 e. The minimum atomic E-state index is -0.669. The molecule has 2 aromatic heterocycles. The van der Waals surface area contributed by atoms with E-state index in [1.165, 1.54) is 6.21 Å². The first-order chi connectivity index (χ1) is 14.6. The lowest BCUT2D eigenvalue weighted by molar-refractivity contribution is 0.153. The predicted octanol–water partition coefficient (Wildman–Crippen LogP) is 2.25. The fourth-order valence-electron chi connectivity index (χ4n) is 3.66. The highest BCUT2D eigenvalue weighted by molar-refractivity contribution is 5.81. The first-order valence-electron chi connectivity index (χ1n) is 9.95. The van der Waals surface area contributed by atoms with Gasteiger partial charge in [0.15, 0.2) is 0 Å². The van der Waals surface area contributed by atoms with Gasteiger partial charge in [0.05, 0.1) is 24.5 Å². The molecule has 3 aromatic rings. The lowest BCUT2D eigenvalue weighted by atomic mass is 10.0. The van der Waals surface area contributed by atoms with E-state index in [9.17, 15) is 14.7 Å². The molecule has 30 heavy (non-hydrogen) atoms. The van der Waals surface area contributed by atoms with E-state index in [0.29, 0.717) is 0 Å². The van der Waals surface area contributed by atoms with Gasteiger partial charge in [-0.2, -0.15) is 5.10 Å². The molecule has 8 nitrogen and oxygen atoms in total. The van der Waals surface area contributed by atoms with Gasteiger partial charge in [-0.3, -0.25) is 24.3 Å². The number of nitrogens with one attached hydrogen (secondary N) is 1. The number of piperidine rings is 1. The van der Waals surface area contributed by atoms with E-state index in [0.717, 1.165) is 41.6 Å². The maximum absolute atomic E-state index is 12.3. The van der Waals surface area contributed by atoms with Gasteiger partial charge in [-0.05, 0) is 37.0 Å². The summed E-state index contributed by atoms with van der Waals surface area (Å²) in [6.07, 6.45) is 6.04. The van der Waals surface area contributed by atoms with Crippen LogP contribution in [0.4, 0.5) is 0 Å². The summed E-state index contributed by atoms with van der Waals surface area (Å²) in [6.45, 7) is 0.865. The van der Waals surface area contributed by atoms with Crippen LogP contribution in [-0.4, -0.2) is 37.4 Å². The van der Waals surface area contributed by atoms with E-state index >= 15 is 0 Å². The monoisotopic (exact) mass is 405 g/mol. The summed E-state index contributed by atoms with van der Waals surface area (Å²) >= 11 is 0. The maximum Gasteiger partial charge on any atom is 0.331 e. The van der Waals surface area contributed by atoms with Crippen molar-refractivity contribution >= 4 is 6.21 Å². The fourth-order valence-corrected chi connectivity index (χ4v) is 3.66. The van der Waals surface area contributed by atoms with Crippen molar-refractivity contribution in [2.45, 2.75) is 31.8 Å². The second kappa shape index (κ2) is 8.77. The van der Waals surface area contributed by atoms with Gasteiger partial charge in [0.25, 0.3) is 5.56 Å². The zero-order chi connectivity index (χ0) is 20.9. The fraction of sp³-hybridized carbons (Fsp3) is 0.273. The number of nitrogens with zero attached hydrogens (tertiary/aromatic N) is 4. The van der Waals surface area contributed by atoms with Gasteiger partial charge in [-0.15, -0.1) is 0 Å². The summed E-state index contributed by atoms with van der Waals surface area (Å²) < 4.78 is 1.13. The number of benzene rings is 1. The van der Waals surface area contributed by atoms with Crippen LogP contribution in [-0.2, 0) is 6.54 Å². The summed E-state index contributed by atoms with van der Waals surface area (Å²) in [5.74, 6) is -0.400. The number of hydrogen-bond acceptors (Lipinski definition) is 6. The molecule has 1 aliphatic heterocycles. The molecule has 0 amide bonds. The Morgan fingerprint density at radius 1 is 1.13 bits per heavy atom. The highest BCUT2D eigenvalue weighted by Crippen LogP contribution is 2.29. The molecule has 1 aliphatic rings. The van der Waals surface area contributed by atoms with Crippen molar-refractivity contribution in [3.63, 3.8) is 0 Å². The summed E-state index contributed by atoms with van der Waals surface area (Å²) in [7, 11) is 0. The van der Waals surface area contributed by atoms with E-state index in [4.69, 9.17) is 0 Å². The quantitative estimate of drug-likeness (QED) is 0.634. The number of pyridine rings is 1. The van der Waals surface area contributed by atoms with E-state index in [1.807, 2.05) is 53.5 Å². The number of aromatic hydroxyl groups is 1. The molecular weight excluding hydrogens is 382 g/mol. The Morgan fingerprint density at radius 2 is 1.93 bits per heavy atom. The van der Waals surface area contributed by atoms with Crippen LogP contribution in [0.3, 0.4) is 0 Å². The molecule has 1 fully saturated rings. The van der Waals surface area contributed by atoms with Crippen molar-refractivity contribution < 1.29 is 5.11 Å². The Labute approximate surface area is 173 Å². The number of H-pyrrole nitrogens is 1. The van der Waals surface area contributed by atoms with Crippen molar-refractivity contribution in [2.75, 3.05) is 6.54 Å². The first kappa shape index (κ1) is 19.6. The molecule has 0 saturated carbocycles. The highest BCUT2D eigenvalue weighted by Gasteiger charge is 2.24. The van der Waals surface area contributed by atoms with Crippen LogP contribution in [0.1, 0.15) is 42.1 Å². The van der Waals surface area contributed by atoms with E-state index in [2.05, 4.69) is 15.1 Å². The highest BCUT2D eigenvalue weighted by atomic mass is 16.3. The second-order valence-corrected chi connectivity index (χ2v) is 7.24. The molecule has 8 heteroatoms. The van der Waals surface area contributed by atoms with E-state index in [-0.39, 0.29) is 18.2 Å². The molecule has 0 unspecified atom stereocenters. The average molecular weight is 405 g/mol. The molecule has 1 atom stereocenters. The smallest absolute Gasteiger partial charge is 0.331 e. The molecule has 154 valence electrons. The van der Waals surface area contributed by atoms with Crippen molar-refractivity contribution in [3.05, 3.63) is 92.4 Å². The van der Waals surface area contributed by atoms with Crippen LogP contribution in [0.2, 0.25) is 0 Å². The Balaban J connectivity index is 1.65. The van der Waals surface area contributed by atoms with Crippen molar-refractivity contribution in [2.24, 2.45) is 5.10 Å². The summed E-state index contributed by atoms with van der Waals surface area (Å²) in [6, 6.07) is 15.0. The molecule has 1 saturated heterocycles. The van der Waals surface area contributed by atoms with Crippen LogP contribution < -0.4 is 11.2 Å². The van der Waals surface area contributed by atoms with Gasteiger partial charge < -0.3 is 5.11 Å². The van der Waals surface area contributed by atoms with Gasteiger partial charge in [-0.25, -0.2) is 4.79 Å². The largest absolute Gasteiger partial charge is 0.494 e. The maximum atomic E-state index is 12.3. The minimum absolute atomic E-state index is 0.00708. The molecule has 3 heterocycles. The average Bonchev–Trinajstić information content (AvgIpc) is 2.78. The van der Waals surface area contributed by atoms with Crippen LogP contribution in [0.25, 0.3) is 0 Å². The number of hydrogen-bond donors (Lipinski definition) is 2. The van der Waals surface area contributed by atoms with Crippen LogP contribution >= 0.6 is 0 Å². The third kappa shape index (κ3) is 4.17. The number of aromatic amines is 1. The summed E-state index contributed by atoms with van der Waals surface area (Å²) in [4.78, 5) is 31.3. The molecule has 0 spiro atoms. The molecular formula is C22H23N5O3. The number of hydrazone groups is 1. The van der Waals surface area contributed by atoms with Crippen LogP contribution in [0.5, 0.6) is 5.88 Å². The van der Waals surface area contributed by atoms with Gasteiger partial charge in [-0.1, -0.05) is 36.4 Å². The van der Waals surface area contributed by atoms with Crippen LogP contribution in [0, 0.1) is 0 Å². The molecule has 2 N–H and O–H groups in total. The van der Waals surface area contributed by atoms with Gasteiger partial charge in [0, 0.05) is 12.7 Å². The zero-order valence-electron chi connectivity index (χ0n) is 16.4. The van der Waals surface area contributed by atoms with Crippen LogP contribution in [0.15, 0.2) is 69.4 Å². The Hall–Kier alpha value is -3.68. The summed E-state index contributed by atoms with van der Waals surface area (Å²) in [5.41, 5.74) is 0.369. The topological polar surface area (TPSA) is 104 Å². The third-order valence-electron chi connectivity index (χ3n) is 5.23. The SMILES string of the molecule is O=c1[nH]c(=O)n(Cc2ccccc2)c(O)c1/C=N/N1CCCC[C@@H]1c1ccccn1. The van der Waals surface area contributed by atoms with Gasteiger partial charge in [0.1, 0.15) is 5.56 Å². The van der Waals surface area contributed by atoms with Gasteiger partial charge in [0.2, 0.25) is 5.88 Å². The molecule has 0 aliphatic carbocycles. The summed E-state index contributed by atoms with van der Waals surface area (Å²) in [5, 5.41) is 17.0. The Bertz CT molecular complexity index is 1140. The lowest BCUT2D eigenvalue weighted by Crippen LogP contribution is -2.33. The number of aromatic nitrogens is 3.